The number of hydrogen-bond donors (Lipinski definition) is 1. The summed E-state index contributed by atoms with van der Waals surface area (Å²) in [5.41, 5.74) is 0.256. The summed E-state index contributed by atoms with van der Waals surface area (Å²) in [4.78, 5) is 24.9. The highest BCUT2D eigenvalue weighted by molar-refractivity contribution is 6.44. The molecule has 0 spiro atoms. The molecule has 18 heavy (non-hydrogen) atoms. The van der Waals surface area contributed by atoms with Crippen molar-refractivity contribution in [2.24, 2.45) is 0 Å². The molecule has 2 amide bonds. The van der Waals surface area contributed by atoms with E-state index >= 15 is 0 Å². The van der Waals surface area contributed by atoms with Gasteiger partial charge in [-0.3, -0.25) is 9.59 Å². The molecule has 6 heteroatoms. The molecule has 0 unspecified atom stereocenters. The van der Waals surface area contributed by atoms with Crippen LogP contribution in [0.25, 0.3) is 0 Å². The lowest BCUT2D eigenvalue weighted by atomic mass is 10.3. The van der Waals surface area contributed by atoms with Crippen LogP contribution in [-0.2, 0) is 9.59 Å². The molecule has 0 saturated carbocycles. The van der Waals surface area contributed by atoms with Crippen LogP contribution in [0, 0.1) is 0 Å². The largest absolute Gasteiger partial charge is 0.335 e. The van der Waals surface area contributed by atoms with Gasteiger partial charge in [0.15, 0.2) is 0 Å². The van der Waals surface area contributed by atoms with Crippen LogP contribution in [0.4, 0.5) is 5.69 Å². The number of likely N-dealkylation sites (N-methyl/N-ethyl adjacent to an activating group) is 1. The molecule has 0 aliphatic rings. The summed E-state index contributed by atoms with van der Waals surface area (Å²) in [5.74, 6) is -1.34. The van der Waals surface area contributed by atoms with Gasteiger partial charge in [-0.05, 0) is 26.0 Å². The van der Waals surface area contributed by atoms with E-state index in [1.165, 1.54) is 4.90 Å². The molecule has 0 heterocycles. The Morgan fingerprint density at radius 3 is 2.11 bits per heavy atom. The van der Waals surface area contributed by atoms with Crippen LogP contribution in [0.15, 0.2) is 18.2 Å². The Hall–Kier alpha value is -1.26. The number of nitrogens with zero attached hydrogens (tertiary/aromatic N) is 1. The molecule has 0 saturated heterocycles. The number of carbonyl (C=O) groups is 2. The van der Waals surface area contributed by atoms with Crippen molar-refractivity contribution in [3.05, 3.63) is 28.2 Å². The zero-order chi connectivity index (χ0) is 13.7. The predicted octanol–water partition coefficient (Wildman–Crippen LogP) is 2.80. The van der Waals surface area contributed by atoms with Gasteiger partial charge in [-0.1, -0.05) is 29.3 Å². The van der Waals surface area contributed by atoms with E-state index in [9.17, 15) is 9.59 Å². The second kappa shape index (κ2) is 6.61. The summed E-state index contributed by atoms with van der Waals surface area (Å²) < 4.78 is 0. The van der Waals surface area contributed by atoms with Crippen LogP contribution in [0.1, 0.15) is 13.8 Å². The number of rotatable bonds is 3. The summed E-state index contributed by atoms with van der Waals surface area (Å²) in [6, 6.07) is 4.84. The SMILES string of the molecule is CCN(CC)C(=O)C(=O)Nc1c(Cl)cccc1Cl. The van der Waals surface area contributed by atoms with Crippen LogP contribution in [0.3, 0.4) is 0 Å². The van der Waals surface area contributed by atoms with E-state index in [-0.39, 0.29) is 5.69 Å². The molecule has 98 valence electrons. The second-order valence-electron chi connectivity index (χ2n) is 3.53. The van der Waals surface area contributed by atoms with Gasteiger partial charge in [0.2, 0.25) is 0 Å². The van der Waals surface area contributed by atoms with Crippen LogP contribution in [-0.4, -0.2) is 29.8 Å². The average molecular weight is 289 g/mol. The maximum Gasteiger partial charge on any atom is 0.313 e. The van der Waals surface area contributed by atoms with Gasteiger partial charge >= 0.3 is 11.8 Å². The lowest BCUT2D eigenvalue weighted by Crippen LogP contribution is -2.39. The van der Waals surface area contributed by atoms with Crippen LogP contribution < -0.4 is 5.32 Å². The van der Waals surface area contributed by atoms with E-state index in [2.05, 4.69) is 5.32 Å². The molecule has 0 atom stereocenters. The van der Waals surface area contributed by atoms with E-state index in [1.807, 2.05) is 0 Å². The monoisotopic (exact) mass is 288 g/mol. The highest BCUT2D eigenvalue weighted by Gasteiger charge is 2.21. The second-order valence-corrected chi connectivity index (χ2v) is 4.34. The average Bonchev–Trinajstić information content (AvgIpc) is 2.35. The Balaban J connectivity index is 2.85. The molecule has 4 nitrogen and oxygen atoms in total. The molecule has 0 aliphatic heterocycles. The zero-order valence-electron chi connectivity index (χ0n) is 10.2. The van der Waals surface area contributed by atoms with Crippen LogP contribution in [0.5, 0.6) is 0 Å². The molecule has 0 radical (unpaired) electrons. The summed E-state index contributed by atoms with van der Waals surface area (Å²) in [6.45, 7) is 4.55. The first-order valence-corrected chi connectivity index (χ1v) is 6.31. The maximum absolute atomic E-state index is 11.8. The fourth-order valence-electron chi connectivity index (χ4n) is 1.44. The fraction of sp³-hybridized carbons (Fsp3) is 0.333. The number of anilines is 1. The smallest absolute Gasteiger partial charge is 0.313 e. The van der Waals surface area contributed by atoms with Gasteiger partial charge in [0, 0.05) is 13.1 Å². The van der Waals surface area contributed by atoms with Gasteiger partial charge in [0.25, 0.3) is 0 Å². The minimum absolute atomic E-state index is 0.256. The highest BCUT2D eigenvalue weighted by Crippen LogP contribution is 2.29. The van der Waals surface area contributed by atoms with Crippen molar-refractivity contribution in [2.45, 2.75) is 13.8 Å². The third kappa shape index (κ3) is 3.37. The minimum Gasteiger partial charge on any atom is -0.335 e. The molecule has 1 rings (SSSR count). The number of para-hydroxylation sites is 1. The third-order valence-electron chi connectivity index (χ3n) is 2.45. The summed E-state index contributed by atoms with van der Waals surface area (Å²) in [5, 5.41) is 3.02. The Labute approximate surface area is 116 Å². The topological polar surface area (TPSA) is 49.4 Å². The molecule has 0 aromatic heterocycles. The van der Waals surface area contributed by atoms with Crippen molar-refractivity contribution in [1.29, 1.82) is 0 Å². The standard InChI is InChI=1S/C12H14Cl2N2O2/c1-3-16(4-2)12(18)11(17)15-10-8(13)6-5-7-9(10)14/h5-7H,3-4H2,1-2H3,(H,15,17). The van der Waals surface area contributed by atoms with E-state index in [0.29, 0.717) is 23.1 Å². The number of benzene rings is 1. The van der Waals surface area contributed by atoms with E-state index in [4.69, 9.17) is 23.2 Å². The van der Waals surface area contributed by atoms with Crippen molar-refractivity contribution in [3.8, 4) is 0 Å². The molecule has 0 bridgehead atoms. The Morgan fingerprint density at radius 2 is 1.67 bits per heavy atom. The molecule has 0 aliphatic carbocycles. The maximum atomic E-state index is 11.8. The molecular weight excluding hydrogens is 275 g/mol. The summed E-state index contributed by atoms with van der Waals surface area (Å²) in [7, 11) is 0. The predicted molar refractivity (Wildman–Crippen MR) is 73.0 cm³/mol. The molecule has 1 aromatic rings. The zero-order valence-corrected chi connectivity index (χ0v) is 11.7. The quantitative estimate of drug-likeness (QED) is 0.870. The summed E-state index contributed by atoms with van der Waals surface area (Å²) >= 11 is 11.8. The van der Waals surface area contributed by atoms with Gasteiger partial charge in [-0.25, -0.2) is 0 Å². The Bertz CT molecular complexity index is 439. The third-order valence-corrected chi connectivity index (χ3v) is 3.08. The van der Waals surface area contributed by atoms with Crippen molar-refractivity contribution >= 4 is 40.7 Å². The van der Waals surface area contributed by atoms with Gasteiger partial charge in [0.1, 0.15) is 0 Å². The van der Waals surface area contributed by atoms with Crippen molar-refractivity contribution in [2.75, 3.05) is 18.4 Å². The van der Waals surface area contributed by atoms with E-state index in [1.54, 1.807) is 32.0 Å². The van der Waals surface area contributed by atoms with Gasteiger partial charge in [0.05, 0.1) is 15.7 Å². The van der Waals surface area contributed by atoms with Gasteiger partial charge < -0.3 is 10.2 Å². The van der Waals surface area contributed by atoms with Gasteiger partial charge in [-0.2, -0.15) is 0 Å². The van der Waals surface area contributed by atoms with Gasteiger partial charge in [-0.15, -0.1) is 0 Å². The number of hydrogen-bond acceptors (Lipinski definition) is 2. The Kier molecular flexibility index (Phi) is 5.44. The van der Waals surface area contributed by atoms with Crippen molar-refractivity contribution in [1.82, 2.24) is 4.90 Å². The number of amides is 2. The first-order chi connectivity index (χ1) is 8.51. The fourth-order valence-corrected chi connectivity index (χ4v) is 1.93. The first-order valence-electron chi connectivity index (χ1n) is 5.55. The molecule has 1 aromatic carbocycles. The normalized spacial score (nSPS) is 10.0. The van der Waals surface area contributed by atoms with Crippen LogP contribution >= 0.6 is 23.2 Å². The van der Waals surface area contributed by atoms with E-state index < -0.39 is 11.8 Å². The van der Waals surface area contributed by atoms with Crippen molar-refractivity contribution < 1.29 is 9.59 Å². The lowest BCUT2D eigenvalue weighted by molar-refractivity contribution is -0.142. The highest BCUT2D eigenvalue weighted by atomic mass is 35.5. The molecule has 0 fully saturated rings. The first kappa shape index (κ1) is 14.8. The number of nitrogens with one attached hydrogen (secondary N) is 1. The molecular formula is C12H14Cl2N2O2. The summed E-state index contributed by atoms with van der Waals surface area (Å²) in [6.07, 6.45) is 0. The minimum atomic E-state index is -0.742. The van der Waals surface area contributed by atoms with E-state index in [0.717, 1.165) is 0 Å². The number of halogens is 2. The lowest BCUT2D eigenvalue weighted by Gasteiger charge is -2.18. The Morgan fingerprint density at radius 1 is 1.17 bits per heavy atom. The van der Waals surface area contributed by atoms with Crippen molar-refractivity contribution in [3.63, 3.8) is 0 Å². The molecule has 1 N–H and O–H groups in total. The number of carbonyl (C=O) groups excluding carboxylic acids is 2. The van der Waals surface area contributed by atoms with Crippen LogP contribution in [0.2, 0.25) is 10.0 Å².